The molecule has 0 bridgehead atoms. The van der Waals surface area contributed by atoms with Gasteiger partial charge in [0.2, 0.25) is 0 Å². The molecule has 16 heavy (non-hydrogen) atoms. The Kier molecular flexibility index (Phi) is 4.24. The van der Waals surface area contributed by atoms with E-state index < -0.39 is 0 Å². The fourth-order valence-corrected chi connectivity index (χ4v) is 1.57. The average Bonchev–Trinajstić information content (AvgIpc) is 2.25. The monoisotopic (exact) mass is 222 g/mol. The molecular formula is C12H22N4. The second kappa shape index (κ2) is 5.25. The smallest absolute Gasteiger partial charge is 0.129 e. The normalized spacial score (nSPS) is 11.6. The Balaban J connectivity index is 2.67. The Morgan fingerprint density at radius 3 is 2.38 bits per heavy atom. The van der Waals surface area contributed by atoms with Crippen molar-refractivity contribution in [3.8, 4) is 0 Å². The SMILES string of the molecule is CCC(N)(CC)CNc1cc(C)nc(C)n1. The number of hydrogen-bond acceptors (Lipinski definition) is 4. The quantitative estimate of drug-likeness (QED) is 0.800. The molecule has 1 rings (SSSR count). The Morgan fingerprint density at radius 2 is 1.88 bits per heavy atom. The number of nitrogens with zero attached hydrogens (tertiary/aromatic N) is 2. The van der Waals surface area contributed by atoms with Crippen LogP contribution in [0.25, 0.3) is 0 Å². The van der Waals surface area contributed by atoms with Gasteiger partial charge in [-0.05, 0) is 26.7 Å². The van der Waals surface area contributed by atoms with Crippen LogP contribution in [0.3, 0.4) is 0 Å². The van der Waals surface area contributed by atoms with E-state index in [0.717, 1.165) is 36.7 Å². The van der Waals surface area contributed by atoms with Crippen molar-refractivity contribution < 1.29 is 0 Å². The predicted octanol–water partition coefficient (Wildman–Crippen LogP) is 2.02. The van der Waals surface area contributed by atoms with Crippen LogP contribution in [0.1, 0.15) is 38.2 Å². The number of nitrogens with two attached hydrogens (primary N) is 1. The minimum atomic E-state index is -0.146. The number of aryl methyl sites for hydroxylation is 2. The maximum absolute atomic E-state index is 6.21. The molecule has 4 heteroatoms. The summed E-state index contributed by atoms with van der Waals surface area (Å²) in [6, 6.07) is 1.94. The second-order valence-corrected chi connectivity index (χ2v) is 4.36. The average molecular weight is 222 g/mol. The van der Waals surface area contributed by atoms with Gasteiger partial charge in [-0.3, -0.25) is 0 Å². The van der Waals surface area contributed by atoms with E-state index in [1.165, 1.54) is 0 Å². The van der Waals surface area contributed by atoms with Crippen molar-refractivity contribution in [1.29, 1.82) is 0 Å². The van der Waals surface area contributed by atoms with E-state index in [4.69, 9.17) is 5.73 Å². The van der Waals surface area contributed by atoms with Crippen LogP contribution < -0.4 is 11.1 Å². The molecule has 0 aliphatic rings. The van der Waals surface area contributed by atoms with Crippen molar-refractivity contribution >= 4 is 5.82 Å². The van der Waals surface area contributed by atoms with Crippen LogP contribution in [-0.4, -0.2) is 22.1 Å². The van der Waals surface area contributed by atoms with E-state index >= 15 is 0 Å². The third kappa shape index (κ3) is 3.45. The summed E-state index contributed by atoms with van der Waals surface area (Å²) in [5, 5.41) is 3.29. The highest BCUT2D eigenvalue weighted by molar-refractivity contribution is 5.36. The molecule has 0 unspecified atom stereocenters. The largest absolute Gasteiger partial charge is 0.368 e. The zero-order valence-corrected chi connectivity index (χ0v) is 10.7. The van der Waals surface area contributed by atoms with E-state index in [-0.39, 0.29) is 5.54 Å². The molecule has 4 nitrogen and oxygen atoms in total. The standard InChI is InChI=1S/C12H22N4/c1-5-12(13,6-2)8-14-11-7-9(3)15-10(4)16-11/h7H,5-6,8,13H2,1-4H3,(H,14,15,16). The van der Waals surface area contributed by atoms with Gasteiger partial charge in [0, 0.05) is 23.8 Å². The van der Waals surface area contributed by atoms with Gasteiger partial charge >= 0.3 is 0 Å². The first-order chi connectivity index (χ1) is 7.49. The molecule has 1 aromatic heterocycles. The van der Waals surface area contributed by atoms with E-state index in [1.54, 1.807) is 0 Å². The Labute approximate surface area is 97.7 Å². The number of aromatic nitrogens is 2. The summed E-state index contributed by atoms with van der Waals surface area (Å²) in [5.41, 5.74) is 7.05. The molecule has 0 saturated heterocycles. The van der Waals surface area contributed by atoms with Crippen molar-refractivity contribution in [1.82, 2.24) is 9.97 Å². The molecule has 0 radical (unpaired) electrons. The Hall–Kier alpha value is -1.16. The van der Waals surface area contributed by atoms with Crippen LogP contribution in [0.15, 0.2) is 6.07 Å². The maximum Gasteiger partial charge on any atom is 0.129 e. The Morgan fingerprint density at radius 1 is 1.25 bits per heavy atom. The number of nitrogens with one attached hydrogen (secondary N) is 1. The fourth-order valence-electron chi connectivity index (χ4n) is 1.57. The molecule has 0 aliphatic carbocycles. The third-order valence-corrected chi connectivity index (χ3v) is 3.00. The number of rotatable bonds is 5. The lowest BCUT2D eigenvalue weighted by Crippen LogP contribution is -2.45. The van der Waals surface area contributed by atoms with Gasteiger partial charge in [-0.25, -0.2) is 9.97 Å². The van der Waals surface area contributed by atoms with E-state index in [9.17, 15) is 0 Å². The number of hydrogen-bond donors (Lipinski definition) is 2. The first-order valence-electron chi connectivity index (χ1n) is 5.84. The van der Waals surface area contributed by atoms with Crippen LogP contribution in [0, 0.1) is 13.8 Å². The maximum atomic E-state index is 6.21. The van der Waals surface area contributed by atoms with Crippen LogP contribution in [0.5, 0.6) is 0 Å². The van der Waals surface area contributed by atoms with Crippen molar-refractivity contribution in [2.45, 2.75) is 46.1 Å². The molecule has 3 N–H and O–H groups in total. The minimum Gasteiger partial charge on any atom is -0.368 e. The topological polar surface area (TPSA) is 63.8 Å². The highest BCUT2D eigenvalue weighted by atomic mass is 15.0. The lowest BCUT2D eigenvalue weighted by Gasteiger charge is -2.27. The van der Waals surface area contributed by atoms with Crippen molar-refractivity contribution in [2.24, 2.45) is 5.73 Å². The van der Waals surface area contributed by atoms with Gasteiger partial charge in [0.25, 0.3) is 0 Å². The summed E-state index contributed by atoms with van der Waals surface area (Å²) in [6.07, 6.45) is 1.92. The van der Waals surface area contributed by atoms with Crippen molar-refractivity contribution in [2.75, 3.05) is 11.9 Å². The zero-order chi connectivity index (χ0) is 12.2. The molecule has 1 heterocycles. The molecule has 0 spiro atoms. The van der Waals surface area contributed by atoms with Gasteiger partial charge in [0.1, 0.15) is 11.6 Å². The van der Waals surface area contributed by atoms with Gasteiger partial charge < -0.3 is 11.1 Å². The Bertz CT molecular complexity index is 325. The van der Waals surface area contributed by atoms with Gasteiger partial charge in [-0.2, -0.15) is 0 Å². The van der Waals surface area contributed by atoms with Crippen LogP contribution in [-0.2, 0) is 0 Å². The van der Waals surface area contributed by atoms with Gasteiger partial charge in [0.05, 0.1) is 0 Å². The first kappa shape index (κ1) is 12.9. The highest BCUT2D eigenvalue weighted by Crippen LogP contribution is 2.13. The lowest BCUT2D eigenvalue weighted by molar-refractivity contribution is 0.418. The highest BCUT2D eigenvalue weighted by Gasteiger charge is 2.19. The summed E-state index contributed by atoms with van der Waals surface area (Å²) < 4.78 is 0. The molecule has 90 valence electrons. The zero-order valence-electron chi connectivity index (χ0n) is 10.7. The van der Waals surface area contributed by atoms with Crippen molar-refractivity contribution in [3.05, 3.63) is 17.6 Å². The van der Waals surface area contributed by atoms with Gasteiger partial charge in [0.15, 0.2) is 0 Å². The molecule has 0 aliphatic heterocycles. The van der Waals surface area contributed by atoms with Gasteiger partial charge in [-0.15, -0.1) is 0 Å². The molecule has 0 saturated carbocycles. The molecule has 0 amide bonds. The van der Waals surface area contributed by atoms with E-state index in [0.29, 0.717) is 0 Å². The first-order valence-corrected chi connectivity index (χ1v) is 5.84. The summed E-state index contributed by atoms with van der Waals surface area (Å²) in [4.78, 5) is 8.56. The van der Waals surface area contributed by atoms with Crippen LogP contribution in [0.4, 0.5) is 5.82 Å². The van der Waals surface area contributed by atoms with Crippen molar-refractivity contribution in [3.63, 3.8) is 0 Å². The van der Waals surface area contributed by atoms with Gasteiger partial charge in [-0.1, -0.05) is 13.8 Å². The van der Waals surface area contributed by atoms with Crippen LogP contribution >= 0.6 is 0 Å². The molecular weight excluding hydrogens is 200 g/mol. The van der Waals surface area contributed by atoms with E-state index in [1.807, 2.05) is 19.9 Å². The van der Waals surface area contributed by atoms with E-state index in [2.05, 4.69) is 29.1 Å². The summed E-state index contributed by atoms with van der Waals surface area (Å²) in [6.45, 7) is 8.84. The lowest BCUT2D eigenvalue weighted by atomic mass is 9.94. The molecule has 0 atom stereocenters. The predicted molar refractivity (Wildman–Crippen MR) is 67.5 cm³/mol. The summed E-state index contributed by atoms with van der Waals surface area (Å²) >= 11 is 0. The fraction of sp³-hybridized carbons (Fsp3) is 0.667. The molecule has 0 aromatic carbocycles. The summed E-state index contributed by atoms with van der Waals surface area (Å²) in [7, 11) is 0. The second-order valence-electron chi connectivity index (χ2n) is 4.36. The number of anilines is 1. The molecule has 1 aromatic rings. The molecule has 0 fully saturated rings. The third-order valence-electron chi connectivity index (χ3n) is 3.00. The minimum absolute atomic E-state index is 0.146. The summed E-state index contributed by atoms with van der Waals surface area (Å²) in [5.74, 6) is 1.65. The van der Waals surface area contributed by atoms with Crippen LogP contribution in [0.2, 0.25) is 0 Å².